The van der Waals surface area contributed by atoms with Gasteiger partial charge in [0, 0.05) is 35.4 Å². The van der Waals surface area contributed by atoms with Crippen molar-refractivity contribution in [1.82, 2.24) is 15.2 Å². The SMILES string of the molecule is COc1ccc2c(OC3CC4C(=O)NC5(C(N)=O)CC5C=CCCC(N)C(=O)N4C3)cc(-c3ccccc3)nc2c1. The van der Waals surface area contributed by atoms with Crippen LogP contribution in [0.1, 0.15) is 25.7 Å². The minimum atomic E-state index is -1.13. The van der Waals surface area contributed by atoms with Gasteiger partial charge in [-0.05, 0) is 31.4 Å². The number of rotatable bonds is 5. The van der Waals surface area contributed by atoms with Crippen LogP contribution in [0.4, 0.5) is 0 Å². The van der Waals surface area contributed by atoms with E-state index in [2.05, 4.69) is 5.32 Å². The van der Waals surface area contributed by atoms with Gasteiger partial charge in [-0.15, -0.1) is 0 Å². The standard InChI is InChI=1S/C31H33N5O5/c1-40-20-11-12-22-25(13-20)34-24(18-7-3-2-4-8-18)15-27(22)41-21-14-26-28(37)35-31(30(33)39)16-19(31)9-5-6-10-23(32)29(38)36(26)17-21/h2-5,7-9,11-13,15,19,21,23,26H,6,10,14,16-17,32H2,1H3,(H2,33,39)(H,35,37). The van der Waals surface area contributed by atoms with Gasteiger partial charge in [-0.1, -0.05) is 42.5 Å². The molecule has 0 radical (unpaired) electrons. The number of fused-ring (bicyclic) bond motifs is 3. The highest BCUT2D eigenvalue weighted by Gasteiger charge is 2.60. The second-order valence-corrected chi connectivity index (χ2v) is 11.0. The van der Waals surface area contributed by atoms with E-state index in [0.29, 0.717) is 36.3 Å². The summed E-state index contributed by atoms with van der Waals surface area (Å²) in [5.41, 5.74) is 13.2. The lowest BCUT2D eigenvalue weighted by atomic mass is 10.1. The molecule has 0 spiro atoms. The van der Waals surface area contributed by atoms with Crippen LogP contribution >= 0.6 is 0 Å². The molecule has 5 N–H and O–H groups in total. The molecular weight excluding hydrogens is 522 g/mol. The van der Waals surface area contributed by atoms with Crippen molar-refractivity contribution in [2.24, 2.45) is 17.4 Å². The molecule has 41 heavy (non-hydrogen) atoms. The van der Waals surface area contributed by atoms with E-state index in [1.807, 2.05) is 66.7 Å². The second kappa shape index (κ2) is 10.5. The predicted molar refractivity (Wildman–Crippen MR) is 153 cm³/mol. The Bertz CT molecular complexity index is 1540. The third-order valence-corrected chi connectivity index (χ3v) is 8.32. The van der Waals surface area contributed by atoms with E-state index in [-0.39, 0.29) is 24.8 Å². The molecule has 3 heterocycles. The summed E-state index contributed by atoms with van der Waals surface area (Å²) < 4.78 is 12.0. The van der Waals surface area contributed by atoms with Crippen molar-refractivity contribution in [3.05, 3.63) is 66.7 Å². The first-order valence-electron chi connectivity index (χ1n) is 13.8. The summed E-state index contributed by atoms with van der Waals surface area (Å²) in [6.07, 6.45) is 4.97. The molecule has 3 aliphatic rings. The maximum absolute atomic E-state index is 13.6. The maximum atomic E-state index is 13.6. The zero-order valence-corrected chi connectivity index (χ0v) is 22.8. The van der Waals surface area contributed by atoms with Gasteiger partial charge in [-0.3, -0.25) is 14.4 Å². The number of nitrogens with zero attached hydrogens (tertiary/aromatic N) is 2. The summed E-state index contributed by atoms with van der Waals surface area (Å²) in [4.78, 5) is 45.7. The van der Waals surface area contributed by atoms with Crippen molar-refractivity contribution in [2.75, 3.05) is 13.7 Å². The number of hydrogen-bond donors (Lipinski definition) is 3. The molecule has 3 aromatic rings. The molecule has 212 valence electrons. The highest BCUT2D eigenvalue weighted by Crippen LogP contribution is 2.45. The molecule has 1 aliphatic carbocycles. The van der Waals surface area contributed by atoms with Crippen molar-refractivity contribution >= 4 is 28.6 Å². The van der Waals surface area contributed by atoms with Gasteiger partial charge < -0.3 is 31.2 Å². The van der Waals surface area contributed by atoms with Crippen molar-refractivity contribution in [1.29, 1.82) is 0 Å². The number of methoxy groups -OCH3 is 1. The summed E-state index contributed by atoms with van der Waals surface area (Å²) in [7, 11) is 1.60. The Labute approximate surface area is 237 Å². The number of primary amides is 1. The Hall–Kier alpha value is -4.44. The first-order chi connectivity index (χ1) is 19.8. The molecule has 1 aromatic heterocycles. The second-order valence-electron chi connectivity index (χ2n) is 11.0. The molecule has 10 nitrogen and oxygen atoms in total. The molecule has 2 fully saturated rings. The minimum absolute atomic E-state index is 0.172. The number of benzene rings is 2. The van der Waals surface area contributed by atoms with Gasteiger partial charge in [-0.2, -0.15) is 0 Å². The number of pyridine rings is 1. The maximum Gasteiger partial charge on any atom is 0.243 e. The third-order valence-electron chi connectivity index (χ3n) is 8.32. The molecule has 5 unspecified atom stereocenters. The Morgan fingerprint density at radius 3 is 2.71 bits per heavy atom. The van der Waals surface area contributed by atoms with E-state index in [1.54, 1.807) is 7.11 Å². The first kappa shape index (κ1) is 26.8. The highest BCUT2D eigenvalue weighted by atomic mass is 16.5. The topological polar surface area (TPSA) is 150 Å². The van der Waals surface area contributed by atoms with Gasteiger partial charge in [0.1, 0.15) is 29.2 Å². The number of amides is 3. The Kier molecular flexibility index (Phi) is 6.86. The summed E-state index contributed by atoms with van der Waals surface area (Å²) in [6, 6.07) is 15.6. The normalized spacial score (nSPS) is 27.7. The van der Waals surface area contributed by atoms with Crippen LogP contribution in [0.5, 0.6) is 11.5 Å². The van der Waals surface area contributed by atoms with Crippen molar-refractivity contribution in [3.63, 3.8) is 0 Å². The van der Waals surface area contributed by atoms with E-state index in [4.69, 9.17) is 25.9 Å². The average molecular weight is 556 g/mol. The summed E-state index contributed by atoms with van der Waals surface area (Å²) in [5.74, 6) is -0.254. The highest BCUT2D eigenvalue weighted by molar-refractivity contribution is 5.97. The number of aromatic nitrogens is 1. The van der Waals surface area contributed by atoms with E-state index < -0.39 is 35.5 Å². The molecule has 1 saturated heterocycles. The zero-order chi connectivity index (χ0) is 28.7. The predicted octanol–water partition coefficient (Wildman–Crippen LogP) is 2.30. The molecule has 6 rings (SSSR count). The molecule has 2 aromatic carbocycles. The summed E-state index contributed by atoms with van der Waals surface area (Å²) in [5, 5.41) is 3.65. The summed E-state index contributed by atoms with van der Waals surface area (Å²) in [6.45, 7) is 0.175. The van der Waals surface area contributed by atoms with Gasteiger partial charge >= 0.3 is 0 Å². The van der Waals surface area contributed by atoms with Gasteiger partial charge in [0.2, 0.25) is 17.7 Å². The number of carbonyl (C=O) groups is 3. The average Bonchev–Trinajstić information content (AvgIpc) is 3.52. The first-order valence-corrected chi connectivity index (χ1v) is 13.8. The Morgan fingerprint density at radius 2 is 1.95 bits per heavy atom. The lowest BCUT2D eigenvalue weighted by Crippen LogP contribution is -2.56. The molecule has 1 saturated carbocycles. The van der Waals surface area contributed by atoms with Crippen LogP contribution < -0.4 is 26.3 Å². The van der Waals surface area contributed by atoms with Crippen LogP contribution in [-0.4, -0.2) is 65.0 Å². The van der Waals surface area contributed by atoms with Crippen LogP contribution in [0, 0.1) is 5.92 Å². The molecule has 3 amide bonds. The van der Waals surface area contributed by atoms with Gasteiger partial charge in [0.05, 0.1) is 30.9 Å². The van der Waals surface area contributed by atoms with E-state index in [9.17, 15) is 14.4 Å². The minimum Gasteiger partial charge on any atom is -0.497 e. The number of nitrogens with one attached hydrogen (secondary N) is 1. The van der Waals surface area contributed by atoms with Crippen molar-refractivity contribution in [2.45, 2.75) is 49.4 Å². The number of ether oxygens (including phenoxy) is 2. The largest absolute Gasteiger partial charge is 0.497 e. The van der Waals surface area contributed by atoms with Crippen LogP contribution in [0.25, 0.3) is 22.2 Å². The Morgan fingerprint density at radius 1 is 1.15 bits per heavy atom. The van der Waals surface area contributed by atoms with Gasteiger partial charge in [-0.25, -0.2) is 4.98 Å². The number of hydrogen-bond acceptors (Lipinski definition) is 7. The van der Waals surface area contributed by atoms with Crippen LogP contribution in [-0.2, 0) is 14.4 Å². The lowest BCUT2D eigenvalue weighted by Gasteiger charge is -2.28. The van der Waals surface area contributed by atoms with E-state index in [0.717, 1.165) is 16.6 Å². The van der Waals surface area contributed by atoms with Crippen LogP contribution in [0.3, 0.4) is 0 Å². The van der Waals surface area contributed by atoms with E-state index >= 15 is 0 Å². The number of nitrogens with two attached hydrogens (primary N) is 2. The number of carbonyl (C=O) groups excluding carboxylic acids is 3. The lowest BCUT2D eigenvalue weighted by molar-refractivity contribution is -0.140. The van der Waals surface area contributed by atoms with E-state index in [1.165, 1.54) is 4.90 Å². The fraction of sp³-hybridized carbons (Fsp3) is 0.355. The molecule has 5 atom stereocenters. The van der Waals surface area contributed by atoms with Gasteiger partial charge in [0.25, 0.3) is 0 Å². The van der Waals surface area contributed by atoms with Crippen molar-refractivity contribution < 1.29 is 23.9 Å². The molecule has 0 bridgehead atoms. The monoisotopic (exact) mass is 555 g/mol. The molecule has 2 aliphatic heterocycles. The zero-order valence-electron chi connectivity index (χ0n) is 22.8. The van der Waals surface area contributed by atoms with Gasteiger partial charge in [0.15, 0.2) is 0 Å². The third kappa shape index (κ3) is 4.99. The fourth-order valence-electron chi connectivity index (χ4n) is 5.90. The molecular formula is C31H33N5O5. The smallest absolute Gasteiger partial charge is 0.243 e. The summed E-state index contributed by atoms with van der Waals surface area (Å²) >= 11 is 0. The quantitative estimate of drug-likeness (QED) is 0.409. The number of allylic oxidation sites excluding steroid dienone is 1. The van der Waals surface area contributed by atoms with Crippen LogP contribution in [0.2, 0.25) is 0 Å². The van der Waals surface area contributed by atoms with Crippen molar-refractivity contribution in [3.8, 4) is 22.8 Å². The van der Waals surface area contributed by atoms with Crippen LogP contribution in [0.15, 0.2) is 66.7 Å². The molecule has 10 heteroatoms. The Balaban J connectivity index is 1.33. The fourth-order valence-corrected chi connectivity index (χ4v) is 5.90.